The zero-order valence-corrected chi connectivity index (χ0v) is 13.4. The fraction of sp³-hybridized carbons (Fsp3) is 0.588. The lowest BCUT2D eigenvalue weighted by molar-refractivity contribution is -0.150. The molecule has 1 fully saturated rings. The Hall–Kier alpha value is -1.43. The van der Waals surface area contributed by atoms with Gasteiger partial charge in [0.2, 0.25) is 0 Å². The number of hydrogen-bond donors (Lipinski definition) is 0. The first-order valence-electron chi connectivity index (χ1n) is 7.55. The normalized spacial score (nSPS) is 23.4. The van der Waals surface area contributed by atoms with E-state index in [0.29, 0.717) is 13.2 Å². The Kier molecular flexibility index (Phi) is 5.94. The number of hydrogen-bond acceptors (Lipinski definition) is 5. The summed E-state index contributed by atoms with van der Waals surface area (Å²) in [5.41, 5.74) is 1.10. The van der Waals surface area contributed by atoms with Crippen LogP contribution < -0.4 is 4.74 Å². The fourth-order valence-corrected chi connectivity index (χ4v) is 2.50. The van der Waals surface area contributed by atoms with E-state index < -0.39 is 11.9 Å². The minimum absolute atomic E-state index is 0.183. The number of methoxy groups -OCH3 is 1. The SMILES string of the molecule is COc1ccc(COCCC[C@H]2OC(C)(C)O[C@@H]2C=O)cc1. The van der Waals surface area contributed by atoms with Crippen LogP contribution in [0, 0.1) is 0 Å². The quantitative estimate of drug-likeness (QED) is 0.546. The van der Waals surface area contributed by atoms with Gasteiger partial charge >= 0.3 is 0 Å². The van der Waals surface area contributed by atoms with Crippen LogP contribution in [0.1, 0.15) is 32.3 Å². The summed E-state index contributed by atoms with van der Waals surface area (Å²) in [7, 11) is 1.65. The maximum atomic E-state index is 11.0. The van der Waals surface area contributed by atoms with Crippen molar-refractivity contribution >= 4 is 6.29 Å². The molecule has 122 valence electrons. The van der Waals surface area contributed by atoms with Gasteiger partial charge in [0.1, 0.15) is 11.9 Å². The zero-order valence-electron chi connectivity index (χ0n) is 13.4. The molecule has 1 aliphatic heterocycles. The summed E-state index contributed by atoms with van der Waals surface area (Å²) in [6, 6.07) is 7.80. The molecular weight excluding hydrogens is 284 g/mol. The van der Waals surface area contributed by atoms with Gasteiger partial charge in [0, 0.05) is 6.61 Å². The highest BCUT2D eigenvalue weighted by Gasteiger charge is 2.40. The molecule has 0 bridgehead atoms. The summed E-state index contributed by atoms with van der Waals surface area (Å²) in [4.78, 5) is 11.0. The summed E-state index contributed by atoms with van der Waals surface area (Å²) in [6.45, 7) is 4.83. The predicted molar refractivity (Wildman–Crippen MR) is 81.8 cm³/mol. The van der Waals surface area contributed by atoms with Crippen LogP contribution in [0.3, 0.4) is 0 Å². The Morgan fingerprint density at radius 1 is 1.23 bits per heavy atom. The first-order chi connectivity index (χ1) is 10.5. The maximum absolute atomic E-state index is 11.0. The molecule has 0 saturated carbocycles. The molecular formula is C17H24O5. The van der Waals surface area contributed by atoms with Crippen LogP contribution in [-0.2, 0) is 25.6 Å². The highest BCUT2D eigenvalue weighted by Crippen LogP contribution is 2.29. The Morgan fingerprint density at radius 3 is 2.59 bits per heavy atom. The number of benzene rings is 1. The molecule has 0 amide bonds. The second-order valence-corrected chi connectivity index (χ2v) is 5.82. The highest BCUT2D eigenvalue weighted by molar-refractivity contribution is 5.57. The number of ether oxygens (including phenoxy) is 4. The van der Waals surface area contributed by atoms with Crippen molar-refractivity contribution in [1.29, 1.82) is 0 Å². The lowest BCUT2D eigenvalue weighted by atomic mass is 10.1. The van der Waals surface area contributed by atoms with E-state index in [1.807, 2.05) is 38.1 Å². The summed E-state index contributed by atoms with van der Waals surface area (Å²) in [5.74, 6) is 0.157. The fourth-order valence-electron chi connectivity index (χ4n) is 2.50. The Labute approximate surface area is 131 Å². The predicted octanol–water partition coefficient (Wildman–Crippen LogP) is 2.71. The molecule has 0 aromatic heterocycles. The minimum atomic E-state index is -0.680. The minimum Gasteiger partial charge on any atom is -0.497 e. The van der Waals surface area contributed by atoms with Crippen molar-refractivity contribution in [3.05, 3.63) is 29.8 Å². The lowest BCUT2D eigenvalue weighted by Crippen LogP contribution is -2.24. The van der Waals surface area contributed by atoms with Gasteiger partial charge in [-0.05, 0) is 44.4 Å². The van der Waals surface area contributed by atoms with E-state index in [1.165, 1.54) is 0 Å². The Morgan fingerprint density at radius 2 is 1.95 bits per heavy atom. The maximum Gasteiger partial charge on any atom is 0.164 e. The van der Waals surface area contributed by atoms with Gasteiger partial charge in [0.15, 0.2) is 12.1 Å². The van der Waals surface area contributed by atoms with Crippen molar-refractivity contribution < 1.29 is 23.7 Å². The van der Waals surface area contributed by atoms with E-state index in [-0.39, 0.29) is 6.10 Å². The topological polar surface area (TPSA) is 54.0 Å². The molecule has 1 heterocycles. The molecule has 0 N–H and O–H groups in total. The van der Waals surface area contributed by atoms with E-state index in [9.17, 15) is 4.79 Å². The van der Waals surface area contributed by atoms with Crippen molar-refractivity contribution in [2.75, 3.05) is 13.7 Å². The van der Waals surface area contributed by atoms with Gasteiger partial charge < -0.3 is 23.7 Å². The summed E-state index contributed by atoms with van der Waals surface area (Å²) in [6.07, 6.45) is 1.73. The molecule has 5 heteroatoms. The van der Waals surface area contributed by atoms with E-state index in [2.05, 4.69) is 0 Å². The molecule has 2 atom stereocenters. The zero-order chi connectivity index (χ0) is 16.0. The second kappa shape index (κ2) is 7.72. The molecule has 0 radical (unpaired) electrons. The molecule has 0 unspecified atom stereocenters. The van der Waals surface area contributed by atoms with Crippen LogP contribution >= 0.6 is 0 Å². The van der Waals surface area contributed by atoms with Gasteiger partial charge in [0.25, 0.3) is 0 Å². The molecule has 0 spiro atoms. The summed E-state index contributed by atoms with van der Waals surface area (Å²) in [5, 5.41) is 0. The molecule has 1 aliphatic rings. The van der Waals surface area contributed by atoms with Crippen molar-refractivity contribution in [3.8, 4) is 5.75 Å². The summed E-state index contributed by atoms with van der Waals surface area (Å²) >= 11 is 0. The van der Waals surface area contributed by atoms with E-state index in [0.717, 1.165) is 30.4 Å². The average molecular weight is 308 g/mol. The first-order valence-corrected chi connectivity index (χ1v) is 7.55. The molecule has 1 aromatic carbocycles. The van der Waals surface area contributed by atoms with Crippen molar-refractivity contribution in [1.82, 2.24) is 0 Å². The molecule has 5 nitrogen and oxygen atoms in total. The Balaban J connectivity index is 1.65. The van der Waals surface area contributed by atoms with E-state index in [4.69, 9.17) is 18.9 Å². The molecule has 1 saturated heterocycles. The van der Waals surface area contributed by atoms with Gasteiger partial charge in [-0.15, -0.1) is 0 Å². The number of carbonyl (C=O) groups is 1. The monoisotopic (exact) mass is 308 g/mol. The van der Waals surface area contributed by atoms with Crippen LogP contribution in [0.5, 0.6) is 5.75 Å². The van der Waals surface area contributed by atoms with Crippen LogP contribution in [0.4, 0.5) is 0 Å². The highest BCUT2D eigenvalue weighted by atomic mass is 16.8. The number of carbonyl (C=O) groups excluding carboxylic acids is 1. The third-order valence-electron chi connectivity index (χ3n) is 3.56. The molecule has 2 rings (SSSR count). The van der Waals surface area contributed by atoms with Gasteiger partial charge in [-0.25, -0.2) is 0 Å². The lowest BCUT2D eigenvalue weighted by Gasteiger charge is -2.16. The van der Waals surface area contributed by atoms with Gasteiger partial charge in [0.05, 0.1) is 19.8 Å². The van der Waals surface area contributed by atoms with Crippen LogP contribution in [-0.4, -0.2) is 38.0 Å². The van der Waals surface area contributed by atoms with Gasteiger partial charge in [-0.3, -0.25) is 0 Å². The third-order valence-corrected chi connectivity index (χ3v) is 3.56. The standard InChI is InChI=1S/C17H24O5/c1-17(2)21-15(16(11-18)22-17)5-4-10-20-12-13-6-8-14(19-3)9-7-13/h6-9,11,15-16H,4-5,10,12H2,1-3H3/t15-,16-/m1/s1. The van der Waals surface area contributed by atoms with Gasteiger partial charge in [-0.1, -0.05) is 12.1 Å². The molecule has 0 aliphatic carbocycles. The van der Waals surface area contributed by atoms with E-state index >= 15 is 0 Å². The van der Waals surface area contributed by atoms with Gasteiger partial charge in [-0.2, -0.15) is 0 Å². The largest absolute Gasteiger partial charge is 0.497 e. The van der Waals surface area contributed by atoms with Crippen molar-refractivity contribution in [2.45, 2.75) is 51.3 Å². The summed E-state index contributed by atoms with van der Waals surface area (Å²) < 4.78 is 22.0. The third kappa shape index (κ3) is 4.80. The van der Waals surface area contributed by atoms with Crippen molar-refractivity contribution in [3.63, 3.8) is 0 Å². The van der Waals surface area contributed by atoms with E-state index in [1.54, 1.807) is 7.11 Å². The molecule has 22 heavy (non-hydrogen) atoms. The van der Waals surface area contributed by atoms with Crippen LogP contribution in [0.25, 0.3) is 0 Å². The Bertz CT molecular complexity index is 468. The van der Waals surface area contributed by atoms with Crippen LogP contribution in [0.15, 0.2) is 24.3 Å². The van der Waals surface area contributed by atoms with Crippen LogP contribution in [0.2, 0.25) is 0 Å². The smallest absolute Gasteiger partial charge is 0.164 e. The second-order valence-electron chi connectivity index (χ2n) is 5.82. The van der Waals surface area contributed by atoms with Crippen molar-refractivity contribution in [2.24, 2.45) is 0 Å². The number of rotatable bonds is 8. The molecule has 1 aromatic rings. The first kappa shape index (κ1) is 16.9. The number of aldehydes is 1. The average Bonchev–Trinajstić information content (AvgIpc) is 2.81.